The van der Waals surface area contributed by atoms with Crippen LogP contribution in [0.1, 0.15) is 22.1 Å². The van der Waals surface area contributed by atoms with Gasteiger partial charge in [0, 0.05) is 26.7 Å². The minimum Gasteiger partial charge on any atom is -0.504 e. The summed E-state index contributed by atoms with van der Waals surface area (Å²) >= 11 is 0. The standard InChI is InChI=1S/C24H27N7O7/c1-30(2)16(33)6-5-12-8-13(18(34)14(32)9-12)23(37)26-7-3-4-15-19(35)20(36)24(38-15)31-11-29-17-21(25)27-10-28-22(17)31/h3-6,8-11,15,19-20,24,32,34-36H,7H2,1-2H3,(H,26,37)(H2,25,27,28)/t15-,19+,20?,24-/m1/s1. The third-order valence-electron chi connectivity index (χ3n) is 5.86. The molecule has 1 aromatic carbocycles. The zero-order chi connectivity index (χ0) is 27.6. The molecule has 4 rings (SSSR count). The monoisotopic (exact) mass is 525 g/mol. The van der Waals surface area contributed by atoms with Crippen LogP contribution in [-0.4, -0.2) is 95.6 Å². The lowest BCUT2D eigenvalue weighted by Gasteiger charge is -2.16. The van der Waals surface area contributed by atoms with Gasteiger partial charge < -0.3 is 41.1 Å². The Hall–Kier alpha value is -4.53. The molecule has 38 heavy (non-hydrogen) atoms. The van der Waals surface area contributed by atoms with E-state index in [1.807, 2.05) is 0 Å². The van der Waals surface area contributed by atoms with E-state index in [9.17, 15) is 30.0 Å². The number of phenols is 2. The number of phenolic OH excluding ortho intramolecular Hbond substituents is 2. The molecule has 0 radical (unpaired) electrons. The molecule has 200 valence electrons. The van der Waals surface area contributed by atoms with E-state index in [0.29, 0.717) is 16.7 Å². The van der Waals surface area contributed by atoms with E-state index in [0.717, 1.165) is 0 Å². The van der Waals surface area contributed by atoms with Crippen molar-refractivity contribution < 1.29 is 34.8 Å². The summed E-state index contributed by atoms with van der Waals surface area (Å²) in [5.74, 6) is -1.95. The van der Waals surface area contributed by atoms with Crippen LogP contribution in [0.3, 0.4) is 0 Å². The third-order valence-corrected chi connectivity index (χ3v) is 5.86. The molecule has 0 saturated carbocycles. The lowest BCUT2D eigenvalue weighted by atomic mass is 10.1. The third kappa shape index (κ3) is 5.27. The van der Waals surface area contributed by atoms with E-state index in [-0.39, 0.29) is 23.8 Å². The van der Waals surface area contributed by atoms with Crippen LogP contribution >= 0.6 is 0 Å². The second-order valence-corrected chi connectivity index (χ2v) is 8.70. The molecule has 1 fully saturated rings. The number of anilines is 1. The molecule has 4 atom stereocenters. The topological polar surface area (TPSA) is 209 Å². The van der Waals surface area contributed by atoms with Gasteiger partial charge in [-0.2, -0.15) is 0 Å². The summed E-state index contributed by atoms with van der Waals surface area (Å²) in [6, 6.07) is 2.54. The van der Waals surface area contributed by atoms with Gasteiger partial charge in [-0.25, -0.2) is 15.0 Å². The van der Waals surface area contributed by atoms with Crippen molar-refractivity contribution in [1.82, 2.24) is 29.7 Å². The van der Waals surface area contributed by atoms with Crippen LogP contribution < -0.4 is 11.1 Å². The largest absolute Gasteiger partial charge is 0.504 e. The summed E-state index contributed by atoms with van der Waals surface area (Å²) in [4.78, 5) is 37.8. The van der Waals surface area contributed by atoms with Crippen LogP contribution in [0.4, 0.5) is 5.82 Å². The number of benzene rings is 1. The summed E-state index contributed by atoms with van der Waals surface area (Å²) in [5, 5.41) is 43.7. The molecule has 14 heteroatoms. The molecule has 0 bridgehead atoms. The lowest BCUT2D eigenvalue weighted by molar-refractivity contribution is -0.123. The zero-order valence-electron chi connectivity index (χ0n) is 20.5. The Morgan fingerprint density at radius 2 is 1.95 bits per heavy atom. The zero-order valence-corrected chi connectivity index (χ0v) is 20.5. The maximum atomic E-state index is 12.6. The van der Waals surface area contributed by atoms with Gasteiger partial charge in [0.25, 0.3) is 5.91 Å². The van der Waals surface area contributed by atoms with Crippen molar-refractivity contribution in [2.75, 3.05) is 26.4 Å². The quantitative estimate of drug-likeness (QED) is 0.132. The second kappa shape index (κ2) is 10.8. The number of aromatic nitrogens is 4. The fourth-order valence-corrected chi connectivity index (χ4v) is 3.81. The number of hydrogen-bond acceptors (Lipinski definition) is 11. The second-order valence-electron chi connectivity index (χ2n) is 8.70. The number of nitrogens with two attached hydrogens (primary N) is 1. The minimum absolute atomic E-state index is 0.0245. The van der Waals surface area contributed by atoms with Crippen molar-refractivity contribution in [3.8, 4) is 11.5 Å². The number of aliphatic hydroxyl groups excluding tert-OH is 2. The first-order chi connectivity index (χ1) is 18.1. The number of nitrogen functional groups attached to an aromatic ring is 1. The summed E-state index contributed by atoms with van der Waals surface area (Å²) in [7, 11) is 3.16. The lowest BCUT2D eigenvalue weighted by Crippen LogP contribution is -2.31. The van der Waals surface area contributed by atoms with Gasteiger partial charge in [-0.05, 0) is 23.8 Å². The van der Waals surface area contributed by atoms with Crippen LogP contribution in [0.5, 0.6) is 11.5 Å². The first kappa shape index (κ1) is 26.5. The maximum absolute atomic E-state index is 12.6. The number of aromatic hydroxyl groups is 2. The van der Waals surface area contributed by atoms with E-state index in [4.69, 9.17) is 10.5 Å². The van der Waals surface area contributed by atoms with Crippen LogP contribution in [0, 0.1) is 0 Å². The first-order valence-corrected chi connectivity index (χ1v) is 11.4. The predicted octanol–water partition coefficient (Wildman–Crippen LogP) is -0.473. The molecule has 1 aliphatic rings. The Labute approximate surface area is 216 Å². The molecule has 3 aromatic rings. The number of amides is 2. The number of aliphatic hydroxyl groups is 2. The molecule has 14 nitrogen and oxygen atoms in total. The van der Waals surface area contributed by atoms with Gasteiger partial charge in [-0.15, -0.1) is 0 Å². The highest BCUT2D eigenvalue weighted by atomic mass is 16.6. The number of carbonyl (C=O) groups excluding carboxylic acids is 2. The van der Waals surface area contributed by atoms with E-state index < -0.39 is 41.9 Å². The van der Waals surface area contributed by atoms with Crippen LogP contribution in [0.25, 0.3) is 17.2 Å². The molecule has 2 amide bonds. The van der Waals surface area contributed by atoms with Crippen molar-refractivity contribution in [2.45, 2.75) is 24.5 Å². The number of likely N-dealkylation sites (N-methyl/N-ethyl adjacent to an activating group) is 1. The molecule has 0 aliphatic carbocycles. The molecule has 1 aliphatic heterocycles. The molecule has 0 spiro atoms. The van der Waals surface area contributed by atoms with Crippen molar-refractivity contribution in [3.05, 3.63) is 54.1 Å². The highest BCUT2D eigenvalue weighted by Gasteiger charge is 2.43. The highest BCUT2D eigenvalue weighted by Crippen LogP contribution is 2.33. The SMILES string of the molecule is CN(C)C(=O)C=Cc1cc(O)c(O)c(C(=O)NCC=C[C@H]2O[C@@H](n3cnc4c(N)ncnc43)C(O)[C@H]2O)c1. The van der Waals surface area contributed by atoms with Crippen molar-refractivity contribution in [2.24, 2.45) is 0 Å². The first-order valence-electron chi connectivity index (χ1n) is 11.4. The molecular weight excluding hydrogens is 498 g/mol. The van der Waals surface area contributed by atoms with Gasteiger partial charge in [0.05, 0.1) is 11.9 Å². The van der Waals surface area contributed by atoms with Crippen molar-refractivity contribution in [3.63, 3.8) is 0 Å². The number of carbonyl (C=O) groups is 2. The smallest absolute Gasteiger partial charge is 0.255 e. The number of rotatable bonds is 7. The van der Waals surface area contributed by atoms with Crippen LogP contribution in [-0.2, 0) is 9.53 Å². The van der Waals surface area contributed by atoms with Gasteiger partial charge >= 0.3 is 0 Å². The highest BCUT2D eigenvalue weighted by molar-refractivity contribution is 5.99. The Morgan fingerprint density at radius 1 is 1.18 bits per heavy atom. The van der Waals surface area contributed by atoms with Crippen molar-refractivity contribution in [1.29, 1.82) is 0 Å². The van der Waals surface area contributed by atoms with Gasteiger partial charge in [-0.3, -0.25) is 14.2 Å². The number of nitrogens with one attached hydrogen (secondary N) is 1. The van der Waals surface area contributed by atoms with Gasteiger partial charge in [0.15, 0.2) is 29.2 Å². The number of nitrogens with zero attached hydrogens (tertiary/aromatic N) is 5. The van der Waals surface area contributed by atoms with Crippen LogP contribution in [0.15, 0.2) is 43.0 Å². The number of ether oxygens (including phenoxy) is 1. The van der Waals surface area contributed by atoms with E-state index in [2.05, 4.69) is 20.3 Å². The fraction of sp³-hybridized carbons (Fsp3) is 0.292. The van der Waals surface area contributed by atoms with Gasteiger partial charge in [0.1, 0.15) is 30.2 Å². The fourth-order valence-electron chi connectivity index (χ4n) is 3.81. The summed E-state index contributed by atoms with van der Waals surface area (Å²) in [6.07, 6.45) is 3.78. The Bertz CT molecular complexity index is 1420. The maximum Gasteiger partial charge on any atom is 0.255 e. The summed E-state index contributed by atoms with van der Waals surface area (Å²) in [6.45, 7) is -0.0245. The van der Waals surface area contributed by atoms with Gasteiger partial charge in [-0.1, -0.05) is 12.2 Å². The van der Waals surface area contributed by atoms with E-state index in [1.165, 1.54) is 58.6 Å². The summed E-state index contributed by atoms with van der Waals surface area (Å²) in [5.41, 5.74) is 6.59. The predicted molar refractivity (Wildman–Crippen MR) is 135 cm³/mol. The Morgan fingerprint density at radius 3 is 2.68 bits per heavy atom. The molecule has 1 unspecified atom stereocenters. The molecule has 1 saturated heterocycles. The van der Waals surface area contributed by atoms with Crippen LogP contribution in [0.2, 0.25) is 0 Å². The average Bonchev–Trinajstić information content (AvgIpc) is 3.43. The molecular formula is C24H27N7O7. The van der Waals surface area contributed by atoms with Gasteiger partial charge in [0.2, 0.25) is 5.91 Å². The molecule has 7 N–H and O–H groups in total. The number of imidazole rings is 1. The normalized spacial score (nSPS) is 21.5. The summed E-state index contributed by atoms with van der Waals surface area (Å²) < 4.78 is 7.24. The minimum atomic E-state index is -1.30. The average molecular weight is 526 g/mol. The molecule has 2 aromatic heterocycles. The Kier molecular flexibility index (Phi) is 7.57. The number of hydrogen-bond donors (Lipinski definition) is 6. The molecule has 3 heterocycles. The van der Waals surface area contributed by atoms with E-state index >= 15 is 0 Å². The Balaban J connectivity index is 1.40. The van der Waals surface area contributed by atoms with Crippen molar-refractivity contribution >= 4 is 34.9 Å². The van der Waals surface area contributed by atoms with E-state index in [1.54, 1.807) is 14.1 Å². The number of fused-ring (bicyclic) bond motifs is 1.